The lowest BCUT2D eigenvalue weighted by molar-refractivity contribution is 0.0957. The fraction of sp³-hybridized carbons (Fsp3) is 0.227. The standard InChI is InChI=1S/C22H24O5/c1-6-7-16-12-17(20(26-4)14-19(16)25-3)13-21(27-5)22(23)15-8-10-18(24-2)11-9-15/h6,8-14H,1,7H2,2-5H3. The van der Waals surface area contributed by atoms with E-state index in [4.69, 9.17) is 18.9 Å². The van der Waals surface area contributed by atoms with Crippen LogP contribution in [0.2, 0.25) is 0 Å². The summed E-state index contributed by atoms with van der Waals surface area (Å²) in [4.78, 5) is 12.8. The van der Waals surface area contributed by atoms with Gasteiger partial charge in [-0.3, -0.25) is 4.79 Å². The van der Waals surface area contributed by atoms with Crippen molar-refractivity contribution in [1.29, 1.82) is 0 Å². The molecule has 0 N–H and O–H groups in total. The third kappa shape index (κ3) is 4.70. The maximum atomic E-state index is 12.8. The van der Waals surface area contributed by atoms with Gasteiger partial charge in [-0.2, -0.15) is 0 Å². The number of carbonyl (C=O) groups is 1. The molecule has 2 rings (SSSR count). The van der Waals surface area contributed by atoms with Crippen molar-refractivity contribution >= 4 is 11.9 Å². The van der Waals surface area contributed by atoms with Gasteiger partial charge in [0.1, 0.15) is 17.2 Å². The van der Waals surface area contributed by atoms with Crippen molar-refractivity contribution in [2.45, 2.75) is 6.42 Å². The number of hydrogen-bond donors (Lipinski definition) is 0. The van der Waals surface area contributed by atoms with Crippen molar-refractivity contribution in [3.05, 3.63) is 71.5 Å². The van der Waals surface area contributed by atoms with E-state index in [1.807, 2.05) is 6.07 Å². The van der Waals surface area contributed by atoms with Crippen LogP contribution < -0.4 is 14.2 Å². The molecule has 0 atom stereocenters. The van der Waals surface area contributed by atoms with Crippen LogP contribution >= 0.6 is 0 Å². The summed E-state index contributed by atoms with van der Waals surface area (Å²) in [6, 6.07) is 10.5. The van der Waals surface area contributed by atoms with Crippen LogP contribution in [0, 0.1) is 0 Å². The summed E-state index contributed by atoms with van der Waals surface area (Å²) in [6.45, 7) is 3.77. The Kier molecular flexibility index (Phi) is 7.06. The van der Waals surface area contributed by atoms with Gasteiger partial charge in [-0.1, -0.05) is 6.08 Å². The predicted octanol–water partition coefficient (Wildman–Crippen LogP) is 4.31. The van der Waals surface area contributed by atoms with Crippen LogP contribution in [0.1, 0.15) is 21.5 Å². The molecule has 142 valence electrons. The summed E-state index contributed by atoms with van der Waals surface area (Å²) in [5.74, 6) is 1.93. The van der Waals surface area contributed by atoms with Crippen molar-refractivity contribution in [1.82, 2.24) is 0 Å². The Morgan fingerprint density at radius 1 is 0.963 bits per heavy atom. The van der Waals surface area contributed by atoms with Gasteiger partial charge < -0.3 is 18.9 Å². The maximum Gasteiger partial charge on any atom is 0.227 e. The van der Waals surface area contributed by atoms with Gasteiger partial charge in [-0.05, 0) is 48.4 Å². The highest BCUT2D eigenvalue weighted by Crippen LogP contribution is 2.31. The first-order chi connectivity index (χ1) is 13.1. The largest absolute Gasteiger partial charge is 0.497 e. The number of allylic oxidation sites excluding steroid dienone is 2. The Morgan fingerprint density at radius 2 is 1.63 bits per heavy atom. The summed E-state index contributed by atoms with van der Waals surface area (Å²) < 4.78 is 21.3. The van der Waals surface area contributed by atoms with Crippen molar-refractivity contribution in [2.24, 2.45) is 0 Å². The van der Waals surface area contributed by atoms with Crippen LogP contribution in [0.4, 0.5) is 0 Å². The van der Waals surface area contributed by atoms with E-state index >= 15 is 0 Å². The van der Waals surface area contributed by atoms with E-state index in [9.17, 15) is 4.79 Å². The Bertz CT molecular complexity index is 835. The lowest BCUT2D eigenvalue weighted by atomic mass is 10.0. The van der Waals surface area contributed by atoms with E-state index in [2.05, 4.69) is 6.58 Å². The smallest absolute Gasteiger partial charge is 0.227 e. The Hall–Kier alpha value is -3.21. The quantitative estimate of drug-likeness (QED) is 0.286. The fourth-order valence-electron chi connectivity index (χ4n) is 2.66. The van der Waals surface area contributed by atoms with E-state index in [-0.39, 0.29) is 11.5 Å². The lowest BCUT2D eigenvalue weighted by Gasteiger charge is -2.13. The van der Waals surface area contributed by atoms with E-state index in [1.54, 1.807) is 63.8 Å². The zero-order valence-corrected chi connectivity index (χ0v) is 16.1. The SMILES string of the molecule is C=CCc1cc(C=C(OC)C(=O)c2ccc(OC)cc2)c(OC)cc1OC. The molecule has 0 heterocycles. The molecule has 2 aromatic carbocycles. The Balaban J connectivity index is 2.46. The van der Waals surface area contributed by atoms with Crippen molar-refractivity contribution in [3.63, 3.8) is 0 Å². The van der Waals surface area contributed by atoms with E-state index in [0.29, 0.717) is 34.8 Å². The predicted molar refractivity (Wildman–Crippen MR) is 106 cm³/mol. The van der Waals surface area contributed by atoms with Gasteiger partial charge in [-0.25, -0.2) is 0 Å². The van der Waals surface area contributed by atoms with Crippen LogP contribution in [0.5, 0.6) is 17.2 Å². The molecule has 0 spiro atoms. The summed E-state index contributed by atoms with van der Waals surface area (Å²) >= 11 is 0. The summed E-state index contributed by atoms with van der Waals surface area (Å²) in [5.41, 5.74) is 2.16. The number of ether oxygens (including phenoxy) is 4. The van der Waals surface area contributed by atoms with Crippen molar-refractivity contribution < 1.29 is 23.7 Å². The highest BCUT2D eigenvalue weighted by Gasteiger charge is 2.16. The molecule has 0 aliphatic carbocycles. The monoisotopic (exact) mass is 368 g/mol. The normalized spacial score (nSPS) is 10.9. The summed E-state index contributed by atoms with van der Waals surface area (Å²) in [5, 5.41) is 0. The van der Waals surface area contributed by atoms with Gasteiger partial charge in [0.25, 0.3) is 0 Å². The van der Waals surface area contributed by atoms with E-state index < -0.39 is 0 Å². The zero-order valence-electron chi connectivity index (χ0n) is 16.1. The molecule has 0 fully saturated rings. The van der Waals surface area contributed by atoms with Gasteiger partial charge in [0.2, 0.25) is 5.78 Å². The number of Topliss-reactive ketones (excluding diaryl/α,β-unsaturated/α-hetero) is 1. The minimum atomic E-state index is -0.233. The molecule has 0 saturated carbocycles. The highest BCUT2D eigenvalue weighted by molar-refractivity contribution is 6.10. The first kappa shape index (κ1) is 20.1. The highest BCUT2D eigenvalue weighted by atomic mass is 16.5. The first-order valence-corrected chi connectivity index (χ1v) is 8.38. The third-order valence-electron chi connectivity index (χ3n) is 4.08. The number of rotatable bonds is 9. The topological polar surface area (TPSA) is 54.0 Å². The third-order valence-corrected chi connectivity index (χ3v) is 4.08. The molecule has 27 heavy (non-hydrogen) atoms. The van der Waals surface area contributed by atoms with E-state index in [0.717, 1.165) is 5.56 Å². The van der Waals surface area contributed by atoms with Crippen molar-refractivity contribution in [2.75, 3.05) is 28.4 Å². The average molecular weight is 368 g/mol. The average Bonchev–Trinajstić information content (AvgIpc) is 2.71. The molecular weight excluding hydrogens is 344 g/mol. The molecule has 5 heteroatoms. The second kappa shape index (κ2) is 9.48. The van der Waals surface area contributed by atoms with Crippen LogP contribution in [0.15, 0.2) is 54.8 Å². The molecule has 0 aliphatic rings. The molecule has 5 nitrogen and oxygen atoms in total. The second-order valence-electron chi connectivity index (χ2n) is 5.67. The molecule has 0 saturated heterocycles. The van der Waals surface area contributed by atoms with Crippen molar-refractivity contribution in [3.8, 4) is 17.2 Å². The van der Waals surface area contributed by atoms with E-state index in [1.165, 1.54) is 7.11 Å². The fourth-order valence-corrected chi connectivity index (χ4v) is 2.66. The zero-order chi connectivity index (χ0) is 19.8. The number of carbonyl (C=O) groups excluding carboxylic acids is 1. The number of ketones is 1. The molecule has 0 aliphatic heterocycles. The molecular formula is C22H24O5. The van der Waals surface area contributed by atoms with Gasteiger partial charge in [0.15, 0.2) is 5.76 Å². The Morgan fingerprint density at radius 3 is 2.15 bits per heavy atom. The van der Waals surface area contributed by atoms with Crippen LogP contribution in [-0.4, -0.2) is 34.2 Å². The lowest BCUT2D eigenvalue weighted by Crippen LogP contribution is -2.06. The molecule has 0 amide bonds. The number of methoxy groups -OCH3 is 4. The minimum absolute atomic E-state index is 0.202. The Labute approximate surface area is 159 Å². The van der Waals surface area contributed by atoms with Gasteiger partial charge >= 0.3 is 0 Å². The van der Waals surface area contributed by atoms with Crippen LogP contribution in [0.3, 0.4) is 0 Å². The maximum absolute atomic E-state index is 12.8. The minimum Gasteiger partial charge on any atom is -0.497 e. The van der Waals surface area contributed by atoms with Crippen LogP contribution in [0.25, 0.3) is 6.08 Å². The van der Waals surface area contributed by atoms with Crippen LogP contribution in [-0.2, 0) is 11.2 Å². The first-order valence-electron chi connectivity index (χ1n) is 8.38. The number of hydrogen-bond acceptors (Lipinski definition) is 5. The summed E-state index contributed by atoms with van der Waals surface area (Å²) in [7, 11) is 6.21. The summed E-state index contributed by atoms with van der Waals surface area (Å²) in [6.07, 6.45) is 4.08. The molecule has 0 radical (unpaired) electrons. The molecule has 0 unspecified atom stereocenters. The number of benzene rings is 2. The van der Waals surface area contributed by atoms with Gasteiger partial charge in [0.05, 0.1) is 28.4 Å². The molecule has 0 bridgehead atoms. The van der Waals surface area contributed by atoms with Gasteiger partial charge in [0, 0.05) is 17.2 Å². The molecule has 0 aromatic heterocycles. The second-order valence-corrected chi connectivity index (χ2v) is 5.67. The molecule has 2 aromatic rings. The van der Waals surface area contributed by atoms with Gasteiger partial charge in [-0.15, -0.1) is 6.58 Å².